The third-order valence-electron chi connectivity index (χ3n) is 2.87. The highest BCUT2D eigenvalue weighted by Crippen LogP contribution is 2.16. The molecule has 0 aliphatic heterocycles. The van der Waals surface area contributed by atoms with Crippen molar-refractivity contribution in [2.75, 3.05) is 40.5 Å². The van der Waals surface area contributed by atoms with E-state index in [1.807, 2.05) is 0 Å². The van der Waals surface area contributed by atoms with Crippen LogP contribution in [0.4, 0.5) is 4.79 Å². The zero-order valence-corrected chi connectivity index (χ0v) is 13.9. The maximum Gasteiger partial charge on any atom is 0.320 e. The predicted octanol–water partition coefficient (Wildman–Crippen LogP) is 2.37. The smallest absolute Gasteiger partial charge is 0.320 e. The standard InChI is InChI=1S/C15H23ClN2O4/c1-12(22-14-6-4-13(16)5-7-14)17-15(19)18(8-10-20-2)9-11-21-3/h4-7,12H,8-11H2,1-3H3,(H,17,19). The van der Waals surface area contributed by atoms with E-state index in [-0.39, 0.29) is 6.03 Å². The second-order valence-electron chi connectivity index (χ2n) is 4.64. The Morgan fingerprint density at radius 2 is 1.73 bits per heavy atom. The van der Waals surface area contributed by atoms with Crippen LogP contribution in [0.5, 0.6) is 5.75 Å². The molecule has 0 heterocycles. The van der Waals surface area contributed by atoms with E-state index in [4.69, 9.17) is 25.8 Å². The SMILES string of the molecule is COCCN(CCOC)C(=O)NC(C)Oc1ccc(Cl)cc1. The van der Waals surface area contributed by atoms with Crippen molar-refractivity contribution in [3.8, 4) is 5.75 Å². The lowest BCUT2D eigenvalue weighted by molar-refractivity contribution is 0.111. The number of halogens is 1. The number of carbonyl (C=O) groups is 1. The van der Waals surface area contributed by atoms with Crippen molar-refractivity contribution in [1.82, 2.24) is 10.2 Å². The van der Waals surface area contributed by atoms with Gasteiger partial charge in [0.2, 0.25) is 0 Å². The van der Waals surface area contributed by atoms with Crippen LogP contribution in [0.15, 0.2) is 24.3 Å². The van der Waals surface area contributed by atoms with Crippen LogP contribution in [0.25, 0.3) is 0 Å². The molecule has 0 aliphatic carbocycles. The van der Waals surface area contributed by atoms with E-state index < -0.39 is 6.23 Å². The normalized spacial score (nSPS) is 11.8. The molecule has 22 heavy (non-hydrogen) atoms. The van der Waals surface area contributed by atoms with Gasteiger partial charge in [0.15, 0.2) is 6.23 Å². The molecule has 1 atom stereocenters. The summed E-state index contributed by atoms with van der Waals surface area (Å²) < 4.78 is 15.6. The molecule has 2 amide bonds. The largest absolute Gasteiger partial charge is 0.471 e. The van der Waals surface area contributed by atoms with E-state index in [1.165, 1.54) is 0 Å². The lowest BCUT2D eigenvalue weighted by Gasteiger charge is -2.25. The Kier molecular flexibility index (Phi) is 8.65. The van der Waals surface area contributed by atoms with Gasteiger partial charge >= 0.3 is 6.03 Å². The molecule has 1 unspecified atom stereocenters. The topological polar surface area (TPSA) is 60.0 Å². The van der Waals surface area contributed by atoms with E-state index >= 15 is 0 Å². The molecule has 1 aromatic carbocycles. The van der Waals surface area contributed by atoms with E-state index in [2.05, 4.69) is 5.32 Å². The Labute approximate surface area is 136 Å². The van der Waals surface area contributed by atoms with Gasteiger partial charge in [-0.25, -0.2) is 4.79 Å². The van der Waals surface area contributed by atoms with Gasteiger partial charge in [-0.05, 0) is 31.2 Å². The van der Waals surface area contributed by atoms with Crippen molar-refractivity contribution in [1.29, 1.82) is 0 Å². The Bertz CT molecular complexity index is 434. The van der Waals surface area contributed by atoms with Gasteiger partial charge in [0.25, 0.3) is 0 Å². The molecule has 124 valence electrons. The van der Waals surface area contributed by atoms with Crippen LogP contribution < -0.4 is 10.1 Å². The maximum absolute atomic E-state index is 12.2. The fraction of sp³-hybridized carbons (Fsp3) is 0.533. The second kappa shape index (κ2) is 10.3. The van der Waals surface area contributed by atoms with Gasteiger partial charge in [-0.1, -0.05) is 11.6 Å². The van der Waals surface area contributed by atoms with Crippen molar-refractivity contribution in [2.45, 2.75) is 13.2 Å². The first-order valence-electron chi connectivity index (χ1n) is 7.02. The summed E-state index contributed by atoms with van der Waals surface area (Å²) in [4.78, 5) is 13.8. The molecule has 1 aromatic rings. The van der Waals surface area contributed by atoms with Gasteiger partial charge in [-0.3, -0.25) is 0 Å². The lowest BCUT2D eigenvalue weighted by Crippen LogP contribution is -2.47. The number of benzene rings is 1. The molecule has 6 nitrogen and oxygen atoms in total. The first kappa shape index (κ1) is 18.5. The number of amides is 2. The second-order valence-corrected chi connectivity index (χ2v) is 5.07. The van der Waals surface area contributed by atoms with Gasteiger partial charge < -0.3 is 24.4 Å². The van der Waals surface area contributed by atoms with Crippen molar-refractivity contribution < 1.29 is 19.0 Å². The summed E-state index contributed by atoms with van der Waals surface area (Å²) >= 11 is 5.82. The zero-order valence-electron chi connectivity index (χ0n) is 13.2. The molecule has 0 aliphatic rings. The first-order chi connectivity index (χ1) is 10.6. The highest BCUT2D eigenvalue weighted by Gasteiger charge is 2.16. The quantitative estimate of drug-likeness (QED) is 0.706. The number of ether oxygens (including phenoxy) is 3. The monoisotopic (exact) mass is 330 g/mol. The van der Waals surface area contributed by atoms with Crippen molar-refractivity contribution in [2.24, 2.45) is 0 Å². The van der Waals surface area contributed by atoms with Crippen LogP contribution in [0.2, 0.25) is 5.02 Å². The Morgan fingerprint density at radius 1 is 1.18 bits per heavy atom. The average Bonchev–Trinajstić information content (AvgIpc) is 2.49. The minimum Gasteiger partial charge on any atom is -0.471 e. The third kappa shape index (κ3) is 6.98. The van der Waals surface area contributed by atoms with Crippen molar-refractivity contribution in [3.63, 3.8) is 0 Å². The summed E-state index contributed by atoms with van der Waals surface area (Å²) in [5, 5.41) is 3.42. The Hall–Kier alpha value is -1.50. The van der Waals surface area contributed by atoms with Crippen molar-refractivity contribution in [3.05, 3.63) is 29.3 Å². The molecule has 0 bridgehead atoms. The molecular formula is C15H23ClN2O4. The van der Waals surface area contributed by atoms with E-state index in [9.17, 15) is 4.79 Å². The van der Waals surface area contributed by atoms with Crippen LogP contribution in [-0.2, 0) is 9.47 Å². The number of carbonyl (C=O) groups excluding carboxylic acids is 1. The van der Waals surface area contributed by atoms with Crippen LogP contribution >= 0.6 is 11.6 Å². The summed E-state index contributed by atoms with van der Waals surface area (Å²) in [5.41, 5.74) is 0. The van der Waals surface area contributed by atoms with E-state index in [1.54, 1.807) is 50.3 Å². The molecule has 0 saturated heterocycles. The van der Waals surface area contributed by atoms with E-state index in [0.29, 0.717) is 37.1 Å². The summed E-state index contributed by atoms with van der Waals surface area (Å²) in [6.07, 6.45) is -0.471. The molecule has 1 N–H and O–H groups in total. The number of hydrogen-bond acceptors (Lipinski definition) is 4. The molecule has 0 aromatic heterocycles. The summed E-state index contributed by atoms with van der Waals surface area (Å²) in [6.45, 7) is 3.66. The first-order valence-corrected chi connectivity index (χ1v) is 7.40. The highest BCUT2D eigenvalue weighted by atomic mass is 35.5. The number of nitrogens with zero attached hydrogens (tertiary/aromatic N) is 1. The Balaban J connectivity index is 2.49. The molecule has 7 heteroatoms. The molecule has 0 spiro atoms. The summed E-state index contributed by atoms with van der Waals surface area (Å²) in [5.74, 6) is 0.637. The lowest BCUT2D eigenvalue weighted by atomic mass is 10.3. The number of hydrogen-bond donors (Lipinski definition) is 1. The number of nitrogens with one attached hydrogen (secondary N) is 1. The van der Waals surface area contributed by atoms with Gasteiger partial charge in [-0.2, -0.15) is 0 Å². The number of rotatable bonds is 9. The minimum absolute atomic E-state index is 0.226. The molecular weight excluding hydrogens is 308 g/mol. The van der Waals surface area contributed by atoms with Gasteiger partial charge in [0.05, 0.1) is 13.2 Å². The van der Waals surface area contributed by atoms with Gasteiger partial charge in [0, 0.05) is 32.3 Å². The van der Waals surface area contributed by atoms with E-state index in [0.717, 1.165) is 0 Å². The fourth-order valence-electron chi connectivity index (χ4n) is 1.73. The van der Waals surface area contributed by atoms with Crippen molar-refractivity contribution >= 4 is 17.6 Å². The van der Waals surface area contributed by atoms with Crippen LogP contribution in [0.3, 0.4) is 0 Å². The molecule has 0 fully saturated rings. The minimum atomic E-state index is -0.471. The Morgan fingerprint density at radius 3 is 2.23 bits per heavy atom. The van der Waals surface area contributed by atoms with Crippen LogP contribution in [0.1, 0.15) is 6.92 Å². The molecule has 0 saturated carbocycles. The summed E-state index contributed by atoms with van der Waals surface area (Å²) in [6, 6.07) is 6.73. The van der Waals surface area contributed by atoms with Crippen LogP contribution in [-0.4, -0.2) is 57.7 Å². The fourth-order valence-corrected chi connectivity index (χ4v) is 1.86. The van der Waals surface area contributed by atoms with Gasteiger partial charge in [-0.15, -0.1) is 0 Å². The number of methoxy groups -OCH3 is 2. The van der Waals surface area contributed by atoms with Crippen LogP contribution in [0, 0.1) is 0 Å². The summed E-state index contributed by atoms with van der Waals surface area (Å²) in [7, 11) is 3.19. The third-order valence-corrected chi connectivity index (χ3v) is 3.12. The maximum atomic E-state index is 12.2. The zero-order chi connectivity index (χ0) is 16.4. The molecule has 1 rings (SSSR count). The molecule has 0 radical (unpaired) electrons. The predicted molar refractivity (Wildman–Crippen MR) is 85.4 cm³/mol. The number of urea groups is 1. The van der Waals surface area contributed by atoms with Gasteiger partial charge in [0.1, 0.15) is 5.75 Å². The highest BCUT2D eigenvalue weighted by molar-refractivity contribution is 6.30. The average molecular weight is 331 g/mol.